The number of aliphatic hydroxyl groups excluding tert-OH is 1. The fraction of sp³-hybridized carbons (Fsp3) is 0.900. The van der Waals surface area contributed by atoms with E-state index in [-0.39, 0.29) is 0 Å². The molecule has 1 atom stereocenters. The summed E-state index contributed by atoms with van der Waals surface area (Å²) in [5.41, 5.74) is 0. The standard InChI is InChI=1S/C10H17FO3/c11-7-10(13)14-9(12)6-8-4-2-1-3-5-8/h8-9,12H,1-7H2. The molecule has 1 rings (SSSR count). The van der Waals surface area contributed by atoms with Crippen LogP contribution in [0.15, 0.2) is 0 Å². The summed E-state index contributed by atoms with van der Waals surface area (Å²) in [5, 5.41) is 9.29. The van der Waals surface area contributed by atoms with Gasteiger partial charge < -0.3 is 9.84 Å². The normalized spacial score (nSPS) is 20.4. The minimum atomic E-state index is -1.16. The van der Waals surface area contributed by atoms with Crippen LogP contribution in [0.25, 0.3) is 0 Å². The summed E-state index contributed by atoms with van der Waals surface area (Å²) >= 11 is 0. The van der Waals surface area contributed by atoms with Gasteiger partial charge in [0.25, 0.3) is 0 Å². The van der Waals surface area contributed by atoms with E-state index < -0.39 is 18.9 Å². The van der Waals surface area contributed by atoms with Gasteiger partial charge in [0.1, 0.15) is 0 Å². The summed E-state index contributed by atoms with van der Waals surface area (Å²) in [4.78, 5) is 10.5. The first-order valence-corrected chi connectivity index (χ1v) is 5.16. The maximum Gasteiger partial charge on any atom is 0.339 e. The van der Waals surface area contributed by atoms with Crippen molar-refractivity contribution in [3.05, 3.63) is 0 Å². The Kier molecular flexibility index (Phi) is 4.87. The Hall–Kier alpha value is -0.640. The van der Waals surface area contributed by atoms with E-state index >= 15 is 0 Å². The molecule has 0 amide bonds. The van der Waals surface area contributed by atoms with E-state index in [1.54, 1.807) is 0 Å². The lowest BCUT2D eigenvalue weighted by atomic mass is 9.87. The highest BCUT2D eigenvalue weighted by atomic mass is 19.1. The molecule has 82 valence electrons. The fourth-order valence-corrected chi connectivity index (χ4v) is 1.94. The number of hydrogen-bond acceptors (Lipinski definition) is 3. The van der Waals surface area contributed by atoms with Crippen LogP contribution >= 0.6 is 0 Å². The Bertz CT molecular complexity index is 178. The molecule has 0 spiro atoms. The molecule has 0 aromatic rings. The third-order valence-corrected chi connectivity index (χ3v) is 2.64. The molecule has 1 N–H and O–H groups in total. The molecule has 14 heavy (non-hydrogen) atoms. The third-order valence-electron chi connectivity index (χ3n) is 2.64. The molecular weight excluding hydrogens is 187 g/mol. The quantitative estimate of drug-likeness (QED) is 0.561. The van der Waals surface area contributed by atoms with Gasteiger partial charge in [-0.2, -0.15) is 0 Å². The van der Waals surface area contributed by atoms with Gasteiger partial charge in [-0.3, -0.25) is 0 Å². The van der Waals surface area contributed by atoms with E-state index in [9.17, 15) is 14.3 Å². The second kappa shape index (κ2) is 5.96. The first-order chi connectivity index (χ1) is 6.72. The summed E-state index contributed by atoms with van der Waals surface area (Å²) in [7, 11) is 0. The Morgan fingerprint density at radius 3 is 2.64 bits per heavy atom. The van der Waals surface area contributed by atoms with Crippen molar-refractivity contribution in [2.75, 3.05) is 6.67 Å². The van der Waals surface area contributed by atoms with Crippen LogP contribution in [0.3, 0.4) is 0 Å². The van der Waals surface area contributed by atoms with Gasteiger partial charge in [-0.15, -0.1) is 0 Å². The fourth-order valence-electron chi connectivity index (χ4n) is 1.94. The van der Waals surface area contributed by atoms with Crippen LogP contribution in [0, 0.1) is 5.92 Å². The molecule has 3 nitrogen and oxygen atoms in total. The van der Waals surface area contributed by atoms with Crippen molar-refractivity contribution in [3.8, 4) is 0 Å². The largest absolute Gasteiger partial charge is 0.434 e. The zero-order valence-electron chi connectivity index (χ0n) is 8.25. The number of esters is 1. The maximum absolute atomic E-state index is 11.7. The highest BCUT2D eigenvalue weighted by molar-refractivity contribution is 5.70. The van der Waals surface area contributed by atoms with Crippen LogP contribution in [0.1, 0.15) is 38.5 Å². The van der Waals surface area contributed by atoms with Crippen LogP contribution in [-0.2, 0) is 9.53 Å². The van der Waals surface area contributed by atoms with Crippen molar-refractivity contribution in [2.24, 2.45) is 5.92 Å². The van der Waals surface area contributed by atoms with Crippen molar-refractivity contribution in [2.45, 2.75) is 44.8 Å². The van der Waals surface area contributed by atoms with E-state index in [1.807, 2.05) is 0 Å². The molecule has 0 aromatic heterocycles. The minimum Gasteiger partial charge on any atom is -0.434 e. The van der Waals surface area contributed by atoms with Crippen molar-refractivity contribution in [3.63, 3.8) is 0 Å². The van der Waals surface area contributed by atoms with Gasteiger partial charge in [-0.25, -0.2) is 9.18 Å². The van der Waals surface area contributed by atoms with Crippen LogP contribution < -0.4 is 0 Å². The van der Waals surface area contributed by atoms with Crippen LogP contribution in [-0.4, -0.2) is 24.0 Å². The van der Waals surface area contributed by atoms with Gasteiger partial charge >= 0.3 is 5.97 Å². The van der Waals surface area contributed by atoms with Gasteiger partial charge in [0.15, 0.2) is 6.67 Å². The van der Waals surface area contributed by atoms with Gasteiger partial charge in [-0.1, -0.05) is 32.1 Å². The van der Waals surface area contributed by atoms with E-state index in [0.717, 1.165) is 12.8 Å². The number of carbonyl (C=O) groups excluding carboxylic acids is 1. The summed E-state index contributed by atoms with van der Waals surface area (Å²) in [6, 6.07) is 0. The lowest BCUT2D eigenvalue weighted by molar-refractivity contribution is -0.171. The molecule has 0 aliphatic heterocycles. The smallest absolute Gasteiger partial charge is 0.339 e. The zero-order chi connectivity index (χ0) is 10.4. The number of halogens is 1. The molecule has 0 bridgehead atoms. The van der Waals surface area contributed by atoms with Gasteiger partial charge in [0, 0.05) is 6.42 Å². The molecule has 1 aliphatic carbocycles. The van der Waals surface area contributed by atoms with Gasteiger partial charge in [0.2, 0.25) is 6.29 Å². The SMILES string of the molecule is O=C(CF)OC(O)CC1CCCCC1. The molecule has 1 fully saturated rings. The Balaban J connectivity index is 2.18. The Labute approximate surface area is 83.3 Å². The molecular formula is C10H17FO3. The third kappa shape index (κ3) is 4.05. The lowest BCUT2D eigenvalue weighted by Crippen LogP contribution is -2.22. The maximum atomic E-state index is 11.7. The molecule has 0 saturated heterocycles. The number of carbonyl (C=O) groups is 1. The number of hydrogen-bond donors (Lipinski definition) is 1. The molecule has 0 aromatic carbocycles. The number of ether oxygens (including phenoxy) is 1. The van der Waals surface area contributed by atoms with Crippen LogP contribution in [0.4, 0.5) is 4.39 Å². The van der Waals surface area contributed by atoms with Crippen molar-refractivity contribution in [1.29, 1.82) is 0 Å². The predicted octanol–water partition coefficient (Wildman–Crippen LogP) is 1.79. The summed E-state index contributed by atoms with van der Waals surface area (Å²) < 4.78 is 16.2. The molecule has 4 heteroatoms. The van der Waals surface area contributed by atoms with E-state index in [4.69, 9.17) is 0 Å². The topological polar surface area (TPSA) is 46.5 Å². The second-order valence-corrected chi connectivity index (χ2v) is 3.82. The van der Waals surface area contributed by atoms with E-state index in [0.29, 0.717) is 12.3 Å². The highest BCUT2D eigenvalue weighted by Gasteiger charge is 2.19. The summed E-state index contributed by atoms with van der Waals surface area (Å²) in [6.45, 7) is -1.16. The summed E-state index contributed by atoms with van der Waals surface area (Å²) in [5.74, 6) is -0.556. The molecule has 0 radical (unpaired) electrons. The number of rotatable bonds is 4. The first-order valence-electron chi connectivity index (χ1n) is 5.16. The zero-order valence-corrected chi connectivity index (χ0v) is 8.25. The number of alkyl halides is 1. The monoisotopic (exact) mass is 204 g/mol. The molecule has 1 saturated carbocycles. The van der Waals surface area contributed by atoms with Crippen molar-refractivity contribution < 1.29 is 19.0 Å². The highest BCUT2D eigenvalue weighted by Crippen LogP contribution is 2.27. The first kappa shape index (κ1) is 11.4. The Morgan fingerprint density at radius 1 is 1.43 bits per heavy atom. The molecule has 0 heterocycles. The molecule has 1 unspecified atom stereocenters. The van der Waals surface area contributed by atoms with Gasteiger partial charge in [0.05, 0.1) is 0 Å². The number of aliphatic hydroxyl groups is 1. The van der Waals surface area contributed by atoms with Crippen LogP contribution in [0.2, 0.25) is 0 Å². The molecule has 1 aliphatic rings. The van der Waals surface area contributed by atoms with Gasteiger partial charge in [-0.05, 0) is 5.92 Å². The summed E-state index contributed by atoms with van der Waals surface area (Å²) in [6.07, 6.45) is 5.07. The van der Waals surface area contributed by atoms with E-state index in [2.05, 4.69) is 4.74 Å². The average molecular weight is 204 g/mol. The van der Waals surface area contributed by atoms with Crippen molar-refractivity contribution in [1.82, 2.24) is 0 Å². The van der Waals surface area contributed by atoms with Crippen molar-refractivity contribution >= 4 is 5.97 Å². The Morgan fingerprint density at radius 2 is 2.07 bits per heavy atom. The lowest BCUT2D eigenvalue weighted by Gasteiger charge is -2.23. The minimum absolute atomic E-state index is 0.422. The second-order valence-electron chi connectivity index (χ2n) is 3.82. The van der Waals surface area contributed by atoms with Crippen LogP contribution in [0.5, 0.6) is 0 Å². The average Bonchev–Trinajstić information content (AvgIpc) is 2.19. The predicted molar refractivity (Wildman–Crippen MR) is 49.3 cm³/mol. The van der Waals surface area contributed by atoms with E-state index in [1.165, 1.54) is 19.3 Å².